The Balaban J connectivity index is 2.03. The molecule has 2 aromatic rings. The number of aryl methyl sites for hydroxylation is 2. The van der Waals surface area contributed by atoms with E-state index in [1.54, 1.807) is 0 Å². The van der Waals surface area contributed by atoms with Crippen molar-refractivity contribution in [3.05, 3.63) is 23.3 Å². The number of carbonyl (C=O) groups is 2. The van der Waals surface area contributed by atoms with Gasteiger partial charge in [0.05, 0.1) is 16.1 Å². The van der Waals surface area contributed by atoms with E-state index in [4.69, 9.17) is 5.11 Å². The minimum absolute atomic E-state index is 0.0588. The molecule has 6 heteroatoms. The van der Waals surface area contributed by atoms with E-state index in [1.807, 2.05) is 26.0 Å². The van der Waals surface area contributed by atoms with Crippen molar-refractivity contribution in [2.24, 2.45) is 5.92 Å². The van der Waals surface area contributed by atoms with E-state index < -0.39 is 11.9 Å². The molecule has 1 aromatic carbocycles. The summed E-state index contributed by atoms with van der Waals surface area (Å²) in [7, 11) is 0. The molecule has 0 aliphatic carbocycles. The third-order valence-corrected chi connectivity index (χ3v) is 4.85. The third kappa shape index (κ3) is 1.96. The maximum Gasteiger partial charge on any atom is 0.308 e. The molecule has 2 heterocycles. The van der Waals surface area contributed by atoms with Gasteiger partial charge in [0, 0.05) is 13.0 Å². The first-order valence-electron chi connectivity index (χ1n) is 6.37. The predicted octanol–water partition coefficient (Wildman–Crippen LogP) is 2.35. The smallest absolute Gasteiger partial charge is 0.308 e. The summed E-state index contributed by atoms with van der Waals surface area (Å²) >= 11 is 1.45. The Hall–Kier alpha value is -1.95. The second-order valence-corrected chi connectivity index (χ2v) is 6.09. The van der Waals surface area contributed by atoms with Gasteiger partial charge in [0.15, 0.2) is 5.13 Å². The highest BCUT2D eigenvalue weighted by Crippen LogP contribution is 2.35. The van der Waals surface area contributed by atoms with Gasteiger partial charge in [-0.15, -0.1) is 0 Å². The van der Waals surface area contributed by atoms with Crippen LogP contribution in [0.25, 0.3) is 10.2 Å². The molecule has 1 amide bonds. The number of benzene rings is 1. The van der Waals surface area contributed by atoms with Gasteiger partial charge in [0.25, 0.3) is 0 Å². The van der Waals surface area contributed by atoms with Gasteiger partial charge in [0.1, 0.15) is 0 Å². The van der Waals surface area contributed by atoms with Crippen molar-refractivity contribution in [3.8, 4) is 0 Å². The van der Waals surface area contributed by atoms with Crippen LogP contribution in [-0.2, 0) is 9.59 Å². The van der Waals surface area contributed by atoms with Gasteiger partial charge in [-0.25, -0.2) is 4.98 Å². The van der Waals surface area contributed by atoms with Crippen LogP contribution in [0.4, 0.5) is 5.13 Å². The highest BCUT2D eigenvalue weighted by atomic mass is 32.1. The Kier molecular flexibility index (Phi) is 2.97. The lowest BCUT2D eigenvalue weighted by Gasteiger charge is -2.11. The van der Waals surface area contributed by atoms with Crippen LogP contribution in [0.15, 0.2) is 12.1 Å². The van der Waals surface area contributed by atoms with Crippen LogP contribution >= 0.6 is 11.3 Å². The van der Waals surface area contributed by atoms with Gasteiger partial charge < -0.3 is 5.11 Å². The summed E-state index contributed by atoms with van der Waals surface area (Å²) < 4.78 is 1.06. The number of carboxylic acid groups (broad SMARTS) is 1. The van der Waals surface area contributed by atoms with Crippen molar-refractivity contribution in [2.75, 3.05) is 11.4 Å². The molecule has 1 aliphatic rings. The number of rotatable bonds is 2. The highest BCUT2D eigenvalue weighted by Gasteiger charge is 2.36. The first-order valence-corrected chi connectivity index (χ1v) is 7.19. The van der Waals surface area contributed by atoms with Crippen LogP contribution in [-0.4, -0.2) is 28.5 Å². The SMILES string of the molecule is Cc1ccc(C)c2sc(N3CC(C(=O)O)CC3=O)nc12. The number of hydrogen-bond acceptors (Lipinski definition) is 4. The van der Waals surface area contributed by atoms with E-state index >= 15 is 0 Å². The minimum Gasteiger partial charge on any atom is -0.481 e. The van der Waals surface area contributed by atoms with E-state index in [1.165, 1.54) is 16.2 Å². The summed E-state index contributed by atoms with van der Waals surface area (Å²) in [4.78, 5) is 29.0. The monoisotopic (exact) mass is 290 g/mol. The van der Waals surface area contributed by atoms with E-state index in [9.17, 15) is 9.59 Å². The fourth-order valence-electron chi connectivity index (χ4n) is 2.42. The number of aliphatic carboxylic acids is 1. The highest BCUT2D eigenvalue weighted by molar-refractivity contribution is 7.22. The van der Waals surface area contributed by atoms with E-state index in [0.29, 0.717) is 5.13 Å². The van der Waals surface area contributed by atoms with E-state index in [0.717, 1.165) is 21.3 Å². The van der Waals surface area contributed by atoms with Crippen LogP contribution in [0, 0.1) is 19.8 Å². The maximum atomic E-state index is 12.0. The summed E-state index contributed by atoms with van der Waals surface area (Å²) in [5.74, 6) is -1.71. The first-order chi connectivity index (χ1) is 9.47. The lowest BCUT2D eigenvalue weighted by molar-refractivity contribution is -0.141. The molecule has 0 radical (unpaired) electrons. The number of fused-ring (bicyclic) bond motifs is 1. The molecule has 20 heavy (non-hydrogen) atoms. The van der Waals surface area contributed by atoms with Gasteiger partial charge in [-0.3, -0.25) is 14.5 Å². The van der Waals surface area contributed by atoms with Crippen LogP contribution in [0.5, 0.6) is 0 Å². The molecule has 3 rings (SSSR count). The summed E-state index contributed by atoms with van der Waals surface area (Å²) in [6.07, 6.45) is 0.0588. The Labute approximate surface area is 119 Å². The van der Waals surface area contributed by atoms with Crippen LogP contribution in [0.1, 0.15) is 17.5 Å². The molecule has 5 nitrogen and oxygen atoms in total. The van der Waals surface area contributed by atoms with Gasteiger partial charge in [0.2, 0.25) is 5.91 Å². The Bertz CT molecular complexity index is 684. The standard InChI is InChI=1S/C14H14N2O3S/c1-7-3-4-8(2)12-11(7)15-14(20-12)16-6-9(13(18)19)5-10(16)17/h3-4,9H,5-6H2,1-2H3,(H,18,19). The fourth-order valence-corrected chi connectivity index (χ4v) is 3.56. The van der Waals surface area contributed by atoms with Crippen LogP contribution < -0.4 is 4.90 Å². The van der Waals surface area contributed by atoms with Crippen molar-refractivity contribution in [3.63, 3.8) is 0 Å². The van der Waals surface area contributed by atoms with Gasteiger partial charge >= 0.3 is 5.97 Å². The van der Waals surface area contributed by atoms with Gasteiger partial charge in [-0.2, -0.15) is 0 Å². The number of aromatic nitrogens is 1. The summed E-state index contributed by atoms with van der Waals surface area (Å²) in [5, 5.41) is 9.63. The zero-order valence-corrected chi connectivity index (χ0v) is 12.0. The Morgan fingerprint density at radius 1 is 1.40 bits per heavy atom. The topological polar surface area (TPSA) is 70.5 Å². The van der Waals surface area contributed by atoms with Crippen molar-refractivity contribution < 1.29 is 14.7 Å². The predicted molar refractivity (Wildman–Crippen MR) is 77.2 cm³/mol. The number of hydrogen-bond donors (Lipinski definition) is 1. The first kappa shape index (κ1) is 13.1. The molecule has 0 spiro atoms. The average molecular weight is 290 g/mol. The number of carbonyl (C=O) groups excluding carboxylic acids is 1. The molecule has 1 aliphatic heterocycles. The molecular weight excluding hydrogens is 276 g/mol. The largest absolute Gasteiger partial charge is 0.481 e. The second kappa shape index (κ2) is 4.56. The number of carboxylic acids is 1. The molecule has 1 atom stereocenters. The lowest BCUT2D eigenvalue weighted by Crippen LogP contribution is -2.25. The summed E-state index contributed by atoms with van der Waals surface area (Å²) in [6.45, 7) is 4.21. The minimum atomic E-state index is -0.922. The maximum absolute atomic E-state index is 12.0. The van der Waals surface area contributed by atoms with Gasteiger partial charge in [-0.1, -0.05) is 23.5 Å². The molecule has 1 N–H and O–H groups in total. The molecular formula is C14H14N2O3S. The van der Waals surface area contributed by atoms with E-state index in [-0.39, 0.29) is 18.9 Å². The average Bonchev–Trinajstić information content (AvgIpc) is 2.98. The quantitative estimate of drug-likeness (QED) is 0.921. The lowest BCUT2D eigenvalue weighted by atomic mass is 10.1. The summed E-state index contributed by atoms with van der Waals surface area (Å²) in [6, 6.07) is 4.04. The van der Waals surface area contributed by atoms with Crippen molar-refractivity contribution >= 4 is 38.6 Å². The Morgan fingerprint density at radius 3 is 2.70 bits per heavy atom. The fraction of sp³-hybridized carbons (Fsp3) is 0.357. The number of amides is 1. The molecule has 1 saturated heterocycles. The van der Waals surface area contributed by atoms with Crippen LogP contribution in [0.3, 0.4) is 0 Å². The van der Waals surface area contributed by atoms with Crippen molar-refractivity contribution in [2.45, 2.75) is 20.3 Å². The second-order valence-electron chi connectivity index (χ2n) is 5.12. The normalized spacial score (nSPS) is 19.0. The summed E-state index contributed by atoms with van der Waals surface area (Å²) in [5.41, 5.74) is 3.09. The van der Waals surface area contributed by atoms with Crippen molar-refractivity contribution in [1.82, 2.24) is 4.98 Å². The molecule has 0 saturated carbocycles. The molecule has 0 bridgehead atoms. The third-order valence-electron chi connectivity index (χ3n) is 3.64. The van der Waals surface area contributed by atoms with Gasteiger partial charge in [-0.05, 0) is 25.0 Å². The number of thiazole rings is 1. The van der Waals surface area contributed by atoms with E-state index in [2.05, 4.69) is 4.98 Å². The Morgan fingerprint density at radius 2 is 2.10 bits per heavy atom. The molecule has 104 valence electrons. The zero-order chi connectivity index (χ0) is 14.4. The zero-order valence-electron chi connectivity index (χ0n) is 11.2. The molecule has 1 aromatic heterocycles. The molecule has 1 fully saturated rings. The number of anilines is 1. The van der Waals surface area contributed by atoms with Crippen molar-refractivity contribution in [1.29, 1.82) is 0 Å². The van der Waals surface area contributed by atoms with Crippen LogP contribution in [0.2, 0.25) is 0 Å². The molecule has 1 unspecified atom stereocenters. The number of nitrogens with zero attached hydrogens (tertiary/aromatic N) is 2.